The number of nitrogens with zero attached hydrogens (tertiary/aromatic N) is 4. The lowest BCUT2D eigenvalue weighted by atomic mass is 10.1. The summed E-state index contributed by atoms with van der Waals surface area (Å²) in [6.45, 7) is 10.8. The van der Waals surface area contributed by atoms with E-state index in [9.17, 15) is 0 Å². The van der Waals surface area contributed by atoms with Crippen molar-refractivity contribution in [2.75, 3.05) is 31.1 Å². The molecule has 0 aliphatic carbocycles. The summed E-state index contributed by atoms with van der Waals surface area (Å²) in [6.07, 6.45) is 1.20. The summed E-state index contributed by atoms with van der Waals surface area (Å²) in [6, 6.07) is 21.2. The van der Waals surface area contributed by atoms with Crippen LogP contribution in [0.5, 0.6) is 0 Å². The van der Waals surface area contributed by atoms with Crippen molar-refractivity contribution in [1.82, 2.24) is 20.4 Å². The molecule has 1 aliphatic heterocycles. The van der Waals surface area contributed by atoms with Gasteiger partial charge in [-0.3, -0.25) is 0 Å². The van der Waals surface area contributed by atoms with E-state index in [-0.39, 0.29) is 0 Å². The molecule has 4 rings (SSSR count). The Morgan fingerprint density at radius 2 is 1.84 bits per heavy atom. The molecule has 1 aromatic heterocycles. The van der Waals surface area contributed by atoms with Gasteiger partial charge in [-0.05, 0) is 62.9 Å². The highest BCUT2D eigenvalue weighted by molar-refractivity contribution is 5.79. The summed E-state index contributed by atoms with van der Waals surface area (Å²) in [7, 11) is 0. The number of hydrogen-bond donors (Lipinski definition) is 2. The van der Waals surface area contributed by atoms with Gasteiger partial charge < -0.3 is 15.5 Å². The molecular weight excluding hydrogens is 396 g/mol. The maximum absolute atomic E-state index is 4.88. The topological polar surface area (TPSA) is 57.5 Å². The Morgan fingerprint density at radius 1 is 1.06 bits per heavy atom. The second kappa shape index (κ2) is 10.4. The van der Waals surface area contributed by atoms with Crippen molar-refractivity contribution >= 4 is 11.6 Å². The Balaban J connectivity index is 1.40. The second-order valence-corrected chi connectivity index (χ2v) is 8.48. The molecule has 2 heterocycles. The summed E-state index contributed by atoms with van der Waals surface area (Å²) in [5, 5.41) is 11.6. The number of benzene rings is 2. The van der Waals surface area contributed by atoms with E-state index in [1.165, 1.54) is 12.1 Å². The van der Waals surface area contributed by atoms with E-state index < -0.39 is 0 Å². The Kier molecular flexibility index (Phi) is 7.10. The lowest BCUT2D eigenvalue weighted by Gasteiger charge is -2.19. The minimum Gasteiger partial charge on any atom is -0.371 e. The largest absolute Gasteiger partial charge is 0.371 e. The molecule has 6 heteroatoms. The average molecular weight is 431 g/mol. The number of para-hydroxylation sites is 2. The van der Waals surface area contributed by atoms with Crippen LogP contribution in [-0.2, 0) is 6.54 Å². The summed E-state index contributed by atoms with van der Waals surface area (Å²) in [5.74, 6) is 1.48. The normalized spacial score (nSPS) is 16.4. The standard InChI is InChI=1S/C26H34N6/c1-4-27-26(28-17-22-14-15-31(19-22)24-11-6-5-7-12-24)29-18-23-10-8-9-13-25(23)32-21(3)16-20(2)30-32/h5-13,16,22H,4,14-15,17-19H2,1-3H3,(H2,27,28,29). The lowest BCUT2D eigenvalue weighted by molar-refractivity contribution is 0.566. The molecule has 2 N–H and O–H groups in total. The Bertz CT molecular complexity index is 1040. The first-order valence-corrected chi connectivity index (χ1v) is 11.6. The van der Waals surface area contributed by atoms with Crippen molar-refractivity contribution in [3.05, 3.63) is 77.6 Å². The van der Waals surface area contributed by atoms with Gasteiger partial charge in [0.15, 0.2) is 5.96 Å². The molecule has 0 radical (unpaired) electrons. The van der Waals surface area contributed by atoms with Crippen LogP contribution in [0.1, 0.15) is 30.3 Å². The third kappa shape index (κ3) is 5.31. The molecule has 1 aliphatic rings. The predicted molar refractivity (Wildman–Crippen MR) is 133 cm³/mol. The summed E-state index contributed by atoms with van der Waals surface area (Å²) >= 11 is 0. The predicted octanol–water partition coefficient (Wildman–Crippen LogP) is 4.07. The summed E-state index contributed by atoms with van der Waals surface area (Å²) < 4.78 is 2.01. The second-order valence-electron chi connectivity index (χ2n) is 8.48. The van der Waals surface area contributed by atoms with Crippen molar-refractivity contribution in [2.24, 2.45) is 10.9 Å². The van der Waals surface area contributed by atoms with E-state index in [1.54, 1.807) is 0 Å². The van der Waals surface area contributed by atoms with Gasteiger partial charge in [0.25, 0.3) is 0 Å². The quantitative estimate of drug-likeness (QED) is 0.438. The summed E-state index contributed by atoms with van der Waals surface area (Å²) in [4.78, 5) is 7.36. The molecule has 168 valence electrons. The van der Waals surface area contributed by atoms with Crippen LogP contribution in [0.4, 0.5) is 5.69 Å². The zero-order valence-corrected chi connectivity index (χ0v) is 19.4. The van der Waals surface area contributed by atoms with Gasteiger partial charge in [0.05, 0.1) is 17.9 Å². The minimum atomic E-state index is 0.602. The Morgan fingerprint density at radius 3 is 2.59 bits per heavy atom. The van der Waals surface area contributed by atoms with Crippen LogP contribution < -0.4 is 15.5 Å². The number of anilines is 1. The van der Waals surface area contributed by atoms with E-state index >= 15 is 0 Å². The highest BCUT2D eigenvalue weighted by Gasteiger charge is 2.22. The molecule has 0 bridgehead atoms. The number of aryl methyl sites for hydroxylation is 2. The molecule has 1 unspecified atom stereocenters. The Labute approximate surface area is 191 Å². The van der Waals surface area contributed by atoms with E-state index in [0.717, 1.165) is 54.8 Å². The van der Waals surface area contributed by atoms with Crippen LogP contribution in [0.25, 0.3) is 5.69 Å². The third-order valence-electron chi connectivity index (χ3n) is 5.95. The van der Waals surface area contributed by atoms with Crippen molar-refractivity contribution in [3.8, 4) is 5.69 Å². The molecule has 0 amide bonds. The van der Waals surface area contributed by atoms with Gasteiger partial charge in [-0.2, -0.15) is 5.10 Å². The average Bonchev–Trinajstić information content (AvgIpc) is 3.42. The third-order valence-corrected chi connectivity index (χ3v) is 5.95. The minimum absolute atomic E-state index is 0.602. The van der Waals surface area contributed by atoms with Crippen LogP contribution in [0, 0.1) is 19.8 Å². The first-order valence-electron chi connectivity index (χ1n) is 11.6. The zero-order valence-electron chi connectivity index (χ0n) is 19.4. The highest BCUT2D eigenvalue weighted by atomic mass is 15.3. The smallest absolute Gasteiger partial charge is 0.191 e. The lowest BCUT2D eigenvalue weighted by Crippen LogP contribution is -2.40. The van der Waals surface area contributed by atoms with E-state index in [4.69, 9.17) is 4.99 Å². The maximum Gasteiger partial charge on any atom is 0.191 e. The van der Waals surface area contributed by atoms with Crippen LogP contribution in [0.3, 0.4) is 0 Å². The molecule has 2 aromatic carbocycles. The van der Waals surface area contributed by atoms with Crippen molar-refractivity contribution in [1.29, 1.82) is 0 Å². The molecule has 32 heavy (non-hydrogen) atoms. The number of guanidine groups is 1. The van der Waals surface area contributed by atoms with Gasteiger partial charge in [-0.25, -0.2) is 9.67 Å². The number of hydrogen-bond acceptors (Lipinski definition) is 3. The molecule has 0 saturated carbocycles. The number of nitrogens with one attached hydrogen (secondary N) is 2. The maximum atomic E-state index is 4.88. The van der Waals surface area contributed by atoms with Gasteiger partial charge in [0.2, 0.25) is 0 Å². The first-order chi connectivity index (χ1) is 15.6. The highest BCUT2D eigenvalue weighted by Crippen LogP contribution is 2.23. The van der Waals surface area contributed by atoms with Gasteiger partial charge >= 0.3 is 0 Å². The van der Waals surface area contributed by atoms with Gasteiger partial charge in [0, 0.05) is 37.6 Å². The molecule has 0 spiro atoms. The molecule has 1 fully saturated rings. The Hall–Kier alpha value is -3.28. The molecule has 3 aromatic rings. The van der Waals surface area contributed by atoms with Gasteiger partial charge in [-0.1, -0.05) is 36.4 Å². The van der Waals surface area contributed by atoms with Crippen LogP contribution >= 0.6 is 0 Å². The fraction of sp³-hybridized carbons (Fsp3) is 0.385. The van der Waals surface area contributed by atoms with Gasteiger partial charge in [-0.15, -0.1) is 0 Å². The van der Waals surface area contributed by atoms with E-state index in [0.29, 0.717) is 12.5 Å². The van der Waals surface area contributed by atoms with Crippen LogP contribution in [-0.4, -0.2) is 41.9 Å². The molecule has 1 atom stereocenters. The zero-order chi connectivity index (χ0) is 22.3. The van der Waals surface area contributed by atoms with Crippen LogP contribution in [0.15, 0.2) is 65.7 Å². The van der Waals surface area contributed by atoms with Crippen molar-refractivity contribution in [2.45, 2.75) is 33.7 Å². The fourth-order valence-electron chi connectivity index (χ4n) is 4.34. The van der Waals surface area contributed by atoms with E-state index in [2.05, 4.69) is 95.1 Å². The van der Waals surface area contributed by atoms with Crippen molar-refractivity contribution < 1.29 is 0 Å². The SMILES string of the molecule is CCNC(=NCc1ccccc1-n1nc(C)cc1C)NCC1CCN(c2ccccc2)C1. The summed E-state index contributed by atoms with van der Waals surface area (Å²) in [5.41, 5.74) is 5.72. The number of aliphatic imine (C=N–C) groups is 1. The fourth-order valence-corrected chi connectivity index (χ4v) is 4.34. The molecule has 6 nitrogen and oxygen atoms in total. The first kappa shape index (κ1) is 21.9. The number of rotatable bonds is 7. The van der Waals surface area contributed by atoms with Gasteiger partial charge in [0.1, 0.15) is 0 Å². The monoisotopic (exact) mass is 430 g/mol. The van der Waals surface area contributed by atoms with Crippen LogP contribution in [0.2, 0.25) is 0 Å². The molecular formula is C26H34N6. The van der Waals surface area contributed by atoms with E-state index in [1.807, 2.05) is 11.6 Å². The number of aromatic nitrogens is 2. The van der Waals surface area contributed by atoms with Crippen molar-refractivity contribution in [3.63, 3.8) is 0 Å². The molecule has 1 saturated heterocycles.